The van der Waals surface area contributed by atoms with Crippen molar-refractivity contribution in [3.63, 3.8) is 0 Å². The van der Waals surface area contributed by atoms with E-state index < -0.39 is 0 Å². The first kappa shape index (κ1) is 10.9. The largest absolute Gasteiger partial charge is 0.461 e. The second-order valence-electron chi connectivity index (χ2n) is 6.42. The molecule has 3 saturated carbocycles. The van der Waals surface area contributed by atoms with Crippen LogP contribution in [0.2, 0.25) is 6.32 Å². The Morgan fingerprint density at radius 3 is 2.75 bits per heavy atom. The summed E-state index contributed by atoms with van der Waals surface area (Å²) in [6.45, 7) is 10.8. The fourth-order valence-corrected chi connectivity index (χ4v) is 4.19. The van der Waals surface area contributed by atoms with Gasteiger partial charge >= 0.3 is 7.12 Å². The summed E-state index contributed by atoms with van der Waals surface area (Å²) in [5.74, 6) is 1.50. The summed E-state index contributed by atoms with van der Waals surface area (Å²) in [4.78, 5) is 0. The molecule has 1 aliphatic heterocycles. The van der Waals surface area contributed by atoms with Crippen LogP contribution in [0.4, 0.5) is 0 Å². The molecular weight excluding hydrogens is 199 g/mol. The number of hydrogen-bond donors (Lipinski definition) is 0. The van der Waals surface area contributed by atoms with Crippen LogP contribution in [0.5, 0.6) is 0 Å². The molecule has 3 heteroatoms. The van der Waals surface area contributed by atoms with Crippen molar-refractivity contribution in [1.82, 2.24) is 0 Å². The first-order valence-electron chi connectivity index (χ1n) is 6.42. The molecule has 2 bridgehead atoms. The fourth-order valence-electron chi connectivity index (χ4n) is 4.19. The molecule has 4 atom stereocenters. The topological polar surface area (TPSA) is 18.5 Å². The monoisotopic (exact) mass is 220 g/mol. The second kappa shape index (κ2) is 3.14. The Balaban J connectivity index is 1.84. The second-order valence-corrected chi connectivity index (χ2v) is 6.42. The molecule has 0 N–H and O–H groups in total. The molecule has 1 heterocycles. The molecule has 3 aliphatic carbocycles. The summed E-state index contributed by atoms with van der Waals surface area (Å²) in [5, 5.41) is 0. The highest BCUT2D eigenvalue weighted by molar-refractivity contribution is 6.46. The average molecular weight is 220 g/mol. The van der Waals surface area contributed by atoms with Crippen molar-refractivity contribution in [3.05, 3.63) is 12.7 Å². The predicted molar refractivity (Wildman–Crippen MR) is 65.1 cm³/mol. The van der Waals surface area contributed by atoms with E-state index in [1.54, 1.807) is 0 Å². The molecule has 4 rings (SSSR count). The lowest BCUT2D eigenvalue weighted by Gasteiger charge is -2.64. The summed E-state index contributed by atoms with van der Waals surface area (Å²) in [6.07, 6.45) is 5.51. The minimum absolute atomic E-state index is 0.0497. The molecule has 0 aromatic heterocycles. The third-order valence-electron chi connectivity index (χ3n) is 5.36. The van der Waals surface area contributed by atoms with Gasteiger partial charge in [0.05, 0.1) is 11.7 Å². The van der Waals surface area contributed by atoms with Gasteiger partial charge in [0.2, 0.25) is 0 Å². The molecule has 1 saturated heterocycles. The van der Waals surface area contributed by atoms with Crippen molar-refractivity contribution in [2.75, 3.05) is 0 Å². The Kier molecular flexibility index (Phi) is 2.13. The minimum Gasteiger partial charge on any atom is -0.405 e. The summed E-state index contributed by atoms with van der Waals surface area (Å²) in [5.41, 5.74) is 0.392. The molecule has 4 aliphatic rings. The molecule has 16 heavy (non-hydrogen) atoms. The number of hydrogen-bond acceptors (Lipinski definition) is 2. The maximum atomic E-state index is 6.19. The zero-order valence-corrected chi connectivity index (χ0v) is 10.5. The van der Waals surface area contributed by atoms with E-state index in [1.807, 2.05) is 6.08 Å². The third-order valence-corrected chi connectivity index (χ3v) is 5.36. The van der Waals surface area contributed by atoms with Crippen LogP contribution >= 0.6 is 0 Å². The van der Waals surface area contributed by atoms with Gasteiger partial charge in [-0.1, -0.05) is 19.9 Å². The lowest BCUT2D eigenvalue weighted by Crippen LogP contribution is -2.65. The standard InChI is InChI=1S/C13H21BO2/c1-5-6-14-15-11-8-9-7-10(12(9,2)3)13(11,4)16-14/h5,9-11H,1,6-8H2,2-4H3/t9-,10-,11?,13-/m0/s1. The lowest BCUT2D eigenvalue weighted by molar-refractivity contribution is -0.199. The summed E-state index contributed by atoms with van der Waals surface area (Å²) >= 11 is 0. The van der Waals surface area contributed by atoms with Crippen LogP contribution in [0.25, 0.3) is 0 Å². The van der Waals surface area contributed by atoms with E-state index in [-0.39, 0.29) is 12.7 Å². The first-order valence-corrected chi connectivity index (χ1v) is 6.42. The molecule has 0 aromatic carbocycles. The fraction of sp³-hybridized carbons (Fsp3) is 0.846. The number of allylic oxidation sites excluding steroid dienone is 1. The molecule has 0 spiro atoms. The van der Waals surface area contributed by atoms with E-state index in [0.29, 0.717) is 17.4 Å². The quantitative estimate of drug-likeness (QED) is 0.526. The van der Waals surface area contributed by atoms with Crippen LogP contribution in [0.3, 0.4) is 0 Å². The van der Waals surface area contributed by atoms with Gasteiger partial charge in [0.25, 0.3) is 0 Å². The first-order chi connectivity index (χ1) is 7.48. The highest BCUT2D eigenvalue weighted by atomic mass is 16.7. The average Bonchev–Trinajstić information content (AvgIpc) is 2.53. The van der Waals surface area contributed by atoms with Crippen LogP contribution in [0.1, 0.15) is 33.6 Å². The van der Waals surface area contributed by atoms with Gasteiger partial charge in [0.15, 0.2) is 0 Å². The van der Waals surface area contributed by atoms with Gasteiger partial charge in [0.1, 0.15) is 0 Å². The lowest BCUT2D eigenvalue weighted by atomic mass is 9.43. The van der Waals surface area contributed by atoms with Gasteiger partial charge in [0, 0.05) is 6.32 Å². The molecule has 1 unspecified atom stereocenters. The van der Waals surface area contributed by atoms with Gasteiger partial charge in [-0.25, -0.2) is 0 Å². The Bertz CT molecular complexity index is 328. The summed E-state index contributed by atoms with van der Waals surface area (Å²) in [6, 6.07) is 0. The van der Waals surface area contributed by atoms with Gasteiger partial charge in [-0.3, -0.25) is 0 Å². The Hall–Kier alpha value is -0.275. The van der Waals surface area contributed by atoms with Gasteiger partial charge in [-0.2, -0.15) is 0 Å². The van der Waals surface area contributed by atoms with Crippen molar-refractivity contribution < 1.29 is 9.31 Å². The minimum atomic E-state index is -0.0531. The Labute approximate surface area is 98.5 Å². The SMILES string of the molecule is C=CCB1OC2C[C@@H]3C[C@@H](C3(C)C)[C@]2(C)O1. The predicted octanol–water partition coefficient (Wildman–Crippen LogP) is 2.90. The Morgan fingerprint density at radius 2 is 2.12 bits per heavy atom. The van der Waals surface area contributed by atoms with Gasteiger partial charge < -0.3 is 9.31 Å². The molecule has 0 aromatic rings. The van der Waals surface area contributed by atoms with E-state index >= 15 is 0 Å². The maximum absolute atomic E-state index is 6.19. The summed E-state index contributed by atoms with van der Waals surface area (Å²) in [7, 11) is -0.0531. The maximum Gasteiger partial charge on any atom is 0.461 e. The van der Waals surface area contributed by atoms with Gasteiger partial charge in [-0.05, 0) is 37.0 Å². The molecule has 4 fully saturated rings. The Morgan fingerprint density at radius 1 is 1.38 bits per heavy atom. The van der Waals surface area contributed by atoms with Gasteiger partial charge in [-0.15, -0.1) is 6.58 Å². The van der Waals surface area contributed by atoms with Crippen LogP contribution in [0.15, 0.2) is 12.7 Å². The van der Waals surface area contributed by atoms with E-state index in [0.717, 1.165) is 12.2 Å². The highest BCUT2D eigenvalue weighted by Gasteiger charge is 2.67. The van der Waals surface area contributed by atoms with Crippen LogP contribution < -0.4 is 0 Å². The number of rotatable bonds is 2. The molecular formula is C13H21BO2. The van der Waals surface area contributed by atoms with E-state index in [1.165, 1.54) is 12.8 Å². The smallest absolute Gasteiger partial charge is 0.405 e. The zero-order valence-electron chi connectivity index (χ0n) is 10.5. The van der Waals surface area contributed by atoms with Crippen molar-refractivity contribution in [2.24, 2.45) is 17.3 Å². The molecule has 0 radical (unpaired) electrons. The highest BCUT2D eigenvalue weighted by Crippen LogP contribution is 2.65. The van der Waals surface area contributed by atoms with Crippen LogP contribution in [-0.4, -0.2) is 18.8 Å². The van der Waals surface area contributed by atoms with Crippen molar-refractivity contribution in [3.8, 4) is 0 Å². The molecule has 0 amide bonds. The van der Waals surface area contributed by atoms with E-state index in [2.05, 4.69) is 27.4 Å². The van der Waals surface area contributed by atoms with Crippen LogP contribution in [-0.2, 0) is 9.31 Å². The van der Waals surface area contributed by atoms with E-state index in [4.69, 9.17) is 9.31 Å². The van der Waals surface area contributed by atoms with Crippen molar-refractivity contribution in [1.29, 1.82) is 0 Å². The summed E-state index contributed by atoms with van der Waals surface area (Å²) < 4.78 is 12.2. The van der Waals surface area contributed by atoms with Crippen molar-refractivity contribution >= 4 is 7.12 Å². The van der Waals surface area contributed by atoms with Crippen LogP contribution in [0, 0.1) is 17.3 Å². The molecule has 88 valence electrons. The normalized spacial score (nSPS) is 48.4. The van der Waals surface area contributed by atoms with E-state index in [9.17, 15) is 0 Å². The third kappa shape index (κ3) is 1.16. The molecule has 2 nitrogen and oxygen atoms in total. The zero-order chi connectivity index (χ0) is 11.6. The van der Waals surface area contributed by atoms with Crippen molar-refractivity contribution in [2.45, 2.75) is 51.6 Å².